The maximum Gasteiger partial charge on any atom is 0.408 e. The van der Waals surface area contributed by atoms with Crippen molar-refractivity contribution in [3.63, 3.8) is 0 Å². The van der Waals surface area contributed by atoms with E-state index in [2.05, 4.69) is 49.5 Å². The molecule has 1 heterocycles. The quantitative estimate of drug-likeness (QED) is 0.0519. The number of rotatable bonds is 20. The van der Waals surface area contributed by atoms with Crippen LogP contribution in [0, 0.1) is 25.2 Å². The molecule has 0 bridgehead atoms. The van der Waals surface area contributed by atoms with E-state index in [-0.39, 0.29) is 69.5 Å². The molecule has 1 aromatic carbocycles. The van der Waals surface area contributed by atoms with Crippen molar-refractivity contribution in [3.05, 3.63) is 42.8 Å². The normalized spacial score (nSPS) is 13.1. The molecule has 1 aliphatic heterocycles. The third-order valence-corrected chi connectivity index (χ3v) is 7.03. The summed E-state index contributed by atoms with van der Waals surface area (Å²) < 4.78 is 10.0. The molecule has 0 saturated heterocycles. The number of carbonyl (C=O) groups excluding carboxylic acids is 8. The zero-order valence-corrected chi connectivity index (χ0v) is 28.4. The molecule has 1 aromatic rings. The fourth-order valence-corrected chi connectivity index (χ4v) is 4.41. The minimum atomic E-state index is -1.13. The Morgan fingerprint density at radius 3 is 2.31 bits per heavy atom. The molecule has 2 rings (SSSR count). The van der Waals surface area contributed by atoms with E-state index in [0.29, 0.717) is 5.56 Å². The Bertz CT molecular complexity index is 1520. The van der Waals surface area contributed by atoms with Gasteiger partial charge in [-0.1, -0.05) is 25.8 Å². The van der Waals surface area contributed by atoms with Gasteiger partial charge in [-0.05, 0) is 43.4 Å². The van der Waals surface area contributed by atoms with E-state index in [1.165, 1.54) is 18.2 Å². The minimum absolute atomic E-state index is 0.0225. The first-order valence-electron chi connectivity index (χ1n) is 15.9. The van der Waals surface area contributed by atoms with Crippen molar-refractivity contribution in [1.29, 1.82) is 0 Å². The molecule has 0 aromatic heterocycles. The summed E-state index contributed by atoms with van der Waals surface area (Å²) in [7, 11) is 0. The van der Waals surface area contributed by atoms with Crippen LogP contribution >= 0.6 is 0 Å². The highest BCUT2D eigenvalue weighted by molar-refractivity contribution is 6.12. The van der Waals surface area contributed by atoms with Crippen molar-refractivity contribution in [3.8, 4) is 12.3 Å². The second-order valence-electron chi connectivity index (χ2n) is 11.4. The first-order chi connectivity index (χ1) is 24.2. The van der Waals surface area contributed by atoms with Crippen molar-refractivity contribution in [2.75, 3.05) is 50.1 Å². The number of urea groups is 1. The van der Waals surface area contributed by atoms with Crippen molar-refractivity contribution in [1.82, 2.24) is 26.2 Å². The van der Waals surface area contributed by atoms with Gasteiger partial charge < -0.3 is 47.1 Å². The molecule has 1 aliphatic rings. The summed E-state index contributed by atoms with van der Waals surface area (Å²) in [4.78, 5) is 98.8. The molecule has 2 atom stereocenters. The Morgan fingerprint density at radius 1 is 0.961 bits per heavy atom. The number of benzene rings is 1. The van der Waals surface area contributed by atoms with Gasteiger partial charge in [0.25, 0.3) is 11.8 Å². The van der Waals surface area contributed by atoms with Crippen LogP contribution in [0.3, 0.4) is 0 Å². The van der Waals surface area contributed by atoms with Gasteiger partial charge in [-0.3, -0.25) is 33.7 Å². The fourth-order valence-electron chi connectivity index (χ4n) is 4.41. The SMILES string of the molecule is C#CCOC(=O)NCC(=O)Nc1cc(NC(=O)[C@H](CCCNC(N)=O)NC(=O)[C@@H](NC(=O)CCOCCN2C(=O)C=CC2=O)C(C)C)ccc1[CH2]. The lowest BCUT2D eigenvalue weighted by Gasteiger charge is -2.25. The lowest BCUT2D eigenvalue weighted by atomic mass is 10.0. The lowest BCUT2D eigenvalue weighted by molar-refractivity contribution is -0.138. The maximum atomic E-state index is 13.4. The van der Waals surface area contributed by atoms with Crippen LogP contribution in [0.25, 0.3) is 0 Å². The van der Waals surface area contributed by atoms with E-state index in [9.17, 15) is 38.4 Å². The summed E-state index contributed by atoms with van der Waals surface area (Å²) in [5, 5.41) is 15.2. The number of ether oxygens (including phenoxy) is 2. The lowest BCUT2D eigenvalue weighted by Crippen LogP contribution is -2.54. The van der Waals surface area contributed by atoms with Gasteiger partial charge in [-0.15, -0.1) is 6.42 Å². The number of hydrogen-bond acceptors (Lipinski definition) is 10. The molecule has 0 fully saturated rings. The highest BCUT2D eigenvalue weighted by Gasteiger charge is 2.29. The van der Waals surface area contributed by atoms with Gasteiger partial charge in [0.1, 0.15) is 18.6 Å². The number of anilines is 2. The van der Waals surface area contributed by atoms with Crippen molar-refractivity contribution < 1.29 is 47.8 Å². The molecule has 0 spiro atoms. The number of primary amides is 1. The number of carbonyl (C=O) groups is 8. The topological polar surface area (TPSA) is 256 Å². The van der Waals surface area contributed by atoms with Crippen LogP contribution in [-0.4, -0.2) is 104 Å². The average Bonchev–Trinajstić information content (AvgIpc) is 3.39. The number of terminal acetylenes is 1. The van der Waals surface area contributed by atoms with Gasteiger partial charge in [0, 0.05) is 36.5 Å². The highest BCUT2D eigenvalue weighted by Crippen LogP contribution is 2.21. The van der Waals surface area contributed by atoms with Gasteiger partial charge in [-0.2, -0.15) is 0 Å². The smallest absolute Gasteiger partial charge is 0.408 e. The Kier molecular flexibility index (Phi) is 17.1. The Labute approximate surface area is 295 Å². The van der Waals surface area contributed by atoms with Gasteiger partial charge >= 0.3 is 12.1 Å². The predicted molar refractivity (Wildman–Crippen MR) is 183 cm³/mol. The number of amides is 9. The number of nitrogens with zero attached hydrogens (tertiary/aromatic N) is 1. The number of nitrogens with two attached hydrogens (primary N) is 1. The van der Waals surface area contributed by atoms with Crippen LogP contribution < -0.4 is 37.6 Å². The number of nitrogens with one attached hydrogen (secondary N) is 6. The summed E-state index contributed by atoms with van der Waals surface area (Å²) in [6.45, 7) is 6.68. The molecule has 0 aliphatic carbocycles. The molecule has 8 N–H and O–H groups in total. The van der Waals surface area contributed by atoms with Crippen LogP contribution in [-0.2, 0) is 38.2 Å². The van der Waals surface area contributed by atoms with Gasteiger partial charge in [0.05, 0.1) is 19.8 Å². The van der Waals surface area contributed by atoms with Crippen molar-refractivity contribution in [2.24, 2.45) is 11.7 Å². The average molecular weight is 712 g/mol. The van der Waals surface area contributed by atoms with E-state index in [0.717, 1.165) is 17.1 Å². The van der Waals surface area contributed by atoms with Crippen molar-refractivity contribution >= 4 is 58.9 Å². The molecule has 0 saturated carbocycles. The predicted octanol–water partition coefficient (Wildman–Crippen LogP) is -0.489. The van der Waals surface area contributed by atoms with Gasteiger partial charge in [0.2, 0.25) is 23.6 Å². The molecule has 0 unspecified atom stereocenters. The minimum Gasteiger partial charge on any atom is -0.436 e. The van der Waals surface area contributed by atoms with Crippen LogP contribution in [0.1, 0.15) is 38.7 Å². The molecule has 51 heavy (non-hydrogen) atoms. The molecule has 275 valence electrons. The molecular weight excluding hydrogens is 668 g/mol. The summed E-state index contributed by atoms with van der Waals surface area (Å²) in [5.74, 6) is -1.56. The summed E-state index contributed by atoms with van der Waals surface area (Å²) in [6, 6.07) is 1.56. The van der Waals surface area contributed by atoms with Crippen LogP contribution in [0.5, 0.6) is 0 Å². The Morgan fingerprint density at radius 2 is 1.67 bits per heavy atom. The zero-order valence-electron chi connectivity index (χ0n) is 28.4. The van der Waals surface area contributed by atoms with E-state index in [4.69, 9.17) is 16.9 Å². The summed E-state index contributed by atoms with van der Waals surface area (Å²) >= 11 is 0. The first-order valence-corrected chi connectivity index (χ1v) is 15.9. The molecule has 9 amide bonds. The summed E-state index contributed by atoms with van der Waals surface area (Å²) in [5.41, 5.74) is 5.99. The van der Waals surface area contributed by atoms with Crippen LogP contribution in [0.4, 0.5) is 21.0 Å². The van der Waals surface area contributed by atoms with Crippen LogP contribution in [0.2, 0.25) is 0 Å². The number of alkyl carbamates (subject to hydrolysis) is 1. The second kappa shape index (κ2) is 21.2. The number of hydrogen-bond donors (Lipinski definition) is 7. The van der Waals surface area contributed by atoms with Crippen LogP contribution in [0.15, 0.2) is 30.4 Å². The summed E-state index contributed by atoms with van der Waals surface area (Å²) in [6.07, 6.45) is 6.65. The first kappa shape index (κ1) is 41.2. The monoisotopic (exact) mass is 711 g/mol. The van der Waals surface area contributed by atoms with E-state index < -0.39 is 66.2 Å². The standard InChI is InChI=1S/C33H43N8O10/c1-5-15-51-33(49)36-19-26(43)38-24-18-22(9-8-21(24)4)37-30(46)23(7-6-13-35-32(34)48)39-31(47)29(20(2)3)40-25(42)12-16-50-17-14-41-27(44)10-11-28(41)45/h1,8-11,18,20,23,29H,4,6-7,12-17,19H2,2-3H3,(H,36,49)(H,37,46)(H,38,43)(H,39,47)(H,40,42)(H3,34,35,48)/t23-,29-/m0/s1. The van der Waals surface area contributed by atoms with E-state index in [1.54, 1.807) is 13.8 Å². The molecular formula is C33H43N8O10. The number of imide groups is 1. The fraction of sp³-hybridized carbons (Fsp3) is 0.424. The molecule has 1 radical (unpaired) electrons. The maximum absolute atomic E-state index is 13.4. The largest absolute Gasteiger partial charge is 0.436 e. The highest BCUT2D eigenvalue weighted by atomic mass is 16.5. The third kappa shape index (κ3) is 15.0. The Balaban J connectivity index is 2.02. The van der Waals surface area contributed by atoms with Gasteiger partial charge in [0.15, 0.2) is 6.61 Å². The second-order valence-corrected chi connectivity index (χ2v) is 11.4. The third-order valence-electron chi connectivity index (χ3n) is 7.03. The van der Waals surface area contributed by atoms with E-state index in [1.807, 2.05) is 0 Å². The van der Waals surface area contributed by atoms with E-state index >= 15 is 0 Å². The van der Waals surface area contributed by atoms with Gasteiger partial charge in [-0.25, -0.2) is 9.59 Å². The zero-order chi connectivity index (χ0) is 37.9. The van der Waals surface area contributed by atoms with Crippen molar-refractivity contribution in [2.45, 2.75) is 45.2 Å². The molecule has 18 heteroatoms. The molecule has 18 nitrogen and oxygen atoms in total. The Hall–Kier alpha value is -5.96.